The molecule has 8 rings (SSSR count). The average molecular weight is 1460 g/mol. The van der Waals surface area contributed by atoms with Crippen molar-refractivity contribution in [3.05, 3.63) is 189 Å². The summed E-state index contributed by atoms with van der Waals surface area (Å²) in [4.78, 5) is 64.5. The number of aromatic hydroxyl groups is 2. The van der Waals surface area contributed by atoms with E-state index in [0.29, 0.717) is 17.4 Å². The Bertz CT molecular complexity index is 4050. The Kier molecular flexibility index (Phi) is 38.0. The van der Waals surface area contributed by atoms with Crippen LogP contribution < -0.4 is 18.9 Å². The SMILES string of the molecule is C=CC(=O)O.C=CC(=O)Oc1ccc2cc(O)ccc2c1.C=Cc1ccc2cc(OCC(=O)OCC(F)(F)C(F)(F)F)ccc2c1.CCC(C)C(=O)O.CCC(C)C(=O)Oc1ccc2cc(O)ccc2c1.CCC(C)c1ccc2cc(OCC(=O)OCC(F)(F)C(F)(F)F)ccc2c1.FF.FF. The number of hydrogen-bond acceptors (Lipinski definition) is 14. The van der Waals surface area contributed by atoms with Gasteiger partial charge in [0, 0.05) is 30.4 Å². The molecule has 102 heavy (non-hydrogen) atoms. The molecule has 0 spiro atoms. The fraction of sp³-hybridized carbons (Fsp3) is 0.278. The van der Waals surface area contributed by atoms with Gasteiger partial charge in [0.15, 0.2) is 26.4 Å². The highest BCUT2D eigenvalue weighted by atomic mass is 20.0. The number of benzene rings is 8. The summed E-state index contributed by atoms with van der Waals surface area (Å²) in [6.07, 6.45) is -5.45. The lowest BCUT2D eigenvalue weighted by Gasteiger charge is -2.19. The van der Waals surface area contributed by atoms with E-state index < -0.39 is 80.5 Å². The van der Waals surface area contributed by atoms with E-state index in [1.807, 2.05) is 57.2 Å². The molecule has 0 fully saturated rings. The highest BCUT2D eigenvalue weighted by molar-refractivity contribution is 5.89. The summed E-state index contributed by atoms with van der Waals surface area (Å²) in [7, 11) is 0. The molecule has 0 aliphatic heterocycles. The second-order valence-electron chi connectivity index (χ2n) is 21.3. The maximum atomic E-state index is 12.7. The molecule has 3 unspecified atom stereocenters. The van der Waals surface area contributed by atoms with Gasteiger partial charge < -0.3 is 48.8 Å². The fourth-order valence-corrected chi connectivity index (χ4v) is 7.47. The Labute approximate surface area is 575 Å². The number of carbonyl (C=O) groups excluding carboxylic acids is 4. The maximum absolute atomic E-state index is 12.7. The van der Waals surface area contributed by atoms with Crippen LogP contribution in [-0.4, -0.2) is 107 Å². The monoisotopic (exact) mass is 1460 g/mol. The number of esters is 4. The van der Waals surface area contributed by atoms with Crippen LogP contribution in [0.4, 0.5) is 62.2 Å². The largest absolute Gasteiger partial charge is 0.508 e. The van der Waals surface area contributed by atoms with Gasteiger partial charge >= 0.3 is 60.0 Å². The zero-order valence-corrected chi connectivity index (χ0v) is 55.4. The molecule has 0 radical (unpaired) electrons. The molecular formula is C72H72F14O16. The average Bonchev–Trinajstić information content (AvgIpc) is 0.843. The first-order valence-electron chi connectivity index (χ1n) is 29.9. The van der Waals surface area contributed by atoms with Gasteiger partial charge in [0.1, 0.15) is 34.5 Å². The molecule has 0 bridgehead atoms. The molecule has 0 aliphatic rings. The number of hydrogen-bond donors (Lipinski definition) is 4. The third-order valence-corrected chi connectivity index (χ3v) is 13.9. The number of phenolic OH excluding ortho intramolecular Hbond substituents is 2. The normalized spacial score (nSPS) is 11.6. The topological polar surface area (TPSA) is 239 Å². The molecule has 0 saturated carbocycles. The Balaban J connectivity index is 0.000000642. The molecule has 3 atom stereocenters. The Hall–Kier alpha value is -10.9. The van der Waals surface area contributed by atoms with Crippen molar-refractivity contribution in [2.45, 2.75) is 90.9 Å². The summed E-state index contributed by atoms with van der Waals surface area (Å²) in [5.41, 5.74) is 2.10. The number of fused-ring (bicyclic) bond motifs is 4. The van der Waals surface area contributed by atoms with Gasteiger partial charge in [-0.3, -0.25) is 9.59 Å². The van der Waals surface area contributed by atoms with Gasteiger partial charge in [-0.15, -0.1) is 0 Å². The van der Waals surface area contributed by atoms with E-state index in [1.165, 1.54) is 11.6 Å². The van der Waals surface area contributed by atoms with Crippen molar-refractivity contribution in [1.82, 2.24) is 0 Å². The predicted molar refractivity (Wildman–Crippen MR) is 353 cm³/mol. The summed E-state index contributed by atoms with van der Waals surface area (Å²) in [5, 5.41) is 41.6. The van der Waals surface area contributed by atoms with E-state index in [4.69, 9.17) is 47.5 Å². The van der Waals surface area contributed by atoms with Crippen LogP contribution in [0.2, 0.25) is 0 Å². The van der Waals surface area contributed by atoms with Crippen LogP contribution in [0, 0.1) is 11.8 Å². The molecule has 0 aliphatic carbocycles. The second-order valence-corrected chi connectivity index (χ2v) is 21.3. The number of halogens is 14. The molecule has 0 heterocycles. The Morgan fingerprint density at radius 2 is 0.784 bits per heavy atom. The Morgan fingerprint density at radius 1 is 0.441 bits per heavy atom. The first-order chi connectivity index (χ1) is 47.9. The van der Waals surface area contributed by atoms with Gasteiger partial charge in [-0.05, 0) is 158 Å². The van der Waals surface area contributed by atoms with E-state index in [2.05, 4.69) is 43.1 Å². The van der Waals surface area contributed by atoms with E-state index in [-0.39, 0.29) is 40.8 Å². The van der Waals surface area contributed by atoms with Gasteiger partial charge in [-0.1, -0.05) is 134 Å². The standard InChI is InChI=1S/C19H19F5O3.C17H13F5O3.C15H16O3.C13H10O3.C5H10O2.C3H4O2.2F2/c1-3-12(2)13-4-5-15-9-16(7-6-14(15)8-13)26-10-17(25)27-11-18(20,21)19(22,23)24;1-2-11-3-4-13-8-14(6-5-12(13)7-11)24-9-15(23)25-10-16(18,19)17(20,21)22;1-3-10(2)15(17)18-14-7-5-11-8-13(16)6-4-12(11)9-14;1-2-13(15)16-12-6-4-9-7-11(14)5-3-10(9)8-12;1-3-4(2)5(6)7;1-2-3(4)5;2*1-2/h4-9,12H,3,10-11H2,1-2H3;2-8H,1,9-10H2;4-10,16H,3H2,1-2H3;2-8,14H,1H2;4H,3H2,1-2H3,(H,6,7);2H,1H2,(H,4,5);;. The van der Waals surface area contributed by atoms with Crippen molar-refractivity contribution >= 4 is 85.0 Å². The third-order valence-electron chi connectivity index (χ3n) is 13.9. The van der Waals surface area contributed by atoms with Crippen molar-refractivity contribution in [3.8, 4) is 34.5 Å². The number of aliphatic carboxylic acids is 2. The molecule has 554 valence electrons. The number of alkyl halides is 10. The fourth-order valence-electron chi connectivity index (χ4n) is 7.47. The highest BCUT2D eigenvalue weighted by Crippen LogP contribution is 2.37. The molecule has 0 aromatic heterocycles. The van der Waals surface area contributed by atoms with Crippen LogP contribution in [-0.2, 0) is 38.2 Å². The highest BCUT2D eigenvalue weighted by Gasteiger charge is 2.59. The molecule has 0 amide bonds. The van der Waals surface area contributed by atoms with Crippen LogP contribution in [0.25, 0.3) is 49.2 Å². The quantitative estimate of drug-likeness (QED) is 0.0226. The summed E-state index contributed by atoms with van der Waals surface area (Å²) in [6.45, 7) is 15.8. The second kappa shape index (κ2) is 43.6. The minimum Gasteiger partial charge on any atom is -0.508 e. The Morgan fingerprint density at radius 3 is 1.14 bits per heavy atom. The van der Waals surface area contributed by atoms with Gasteiger partial charge in [0.25, 0.3) is 0 Å². The lowest BCUT2D eigenvalue weighted by atomic mass is 9.96. The van der Waals surface area contributed by atoms with Crippen molar-refractivity contribution in [3.63, 3.8) is 0 Å². The minimum absolute atomic E-state index is 0.0967. The van der Waals surface area contributed by atoms with Gasteiger partial charge in [0.2, 0.25) is 0 Å². The van der Waals surface area contributed by atoms with Crippen LogP contribution in [0.15, 0.2) is 177 Å². The van der Waals surface area contributed by atoms with Gasteiger partial charge in [0.05, 0.1) is 11.8 Å². The third kappa shape index (κ3) is 31.1. The molecule has 0 saturated heterocycles. The number of carboxylic acid groups (broad SMARTS) is 2. The zero-order chi connectivity index (χ0) is 77.7. The molecule has 8 aromatic carbocycles. The van der Waals surface area contributed by atoms with Crippen molar-refractivity contribution in [2.24, 2.45) is 11.8 Å². The molecular weight excluding hydrogens is 1390 g/mol. The van der Waals surface area contributed by atoms with Crippen molar-refractivity contribution in [1.29, 1.82) is 0 Å². The summed E-state index contributed by atoms with van der Waals surface area (Å²) < 4.78 is 183. The van der Waals surface area contributed by atoms with E-state index in [9.17, 15) is 82.9 Å². The molecule has 16 nitrogen and oxygen atoms in total. The number of carbonyl (C=O) groups is 6. The summed E-state index contributed by atoms with van der Waals surface area (Å²) >= 11 is 0. The zero-order valence-electron chi connectivity index (χ0n) is 55.4. The number of phenols is 2. The number of carboxylic acids is 2. The first kappa shape index (κ1) is 89.1. The first-order valence-corrected chi connectivity index (χ1v) is 29.9. The summed E-state index contributed by atoms with van der Waals surface area (Å²) in [6, 6.07) is 41.9. The smallest absolute Gasteiger partial charge is 0.456 e. The molecule has 30 heteroatoms. The minimum atomic E-state index is -5.78. The summed E-state index contributed by atoms with van der Waals surface area (Å²) in [5.74, 6) is -13.1. The lowest BCUT2D eigenvalue weighted by molar-refractivity contribution is -0.294. The predicted octanol–water partition coefficient (Wildman–Crippen LogP) is 19.3. The van der Waals surface area contributed by atoms with Crippen LogP contribution in [0.1, 0.15) is 77.8 Å². The number of ether oxygens (including phenoxy) is 6. The van der Waals surface area contributed by atoms with Crippen LogP contribution >= 0.6 is 0 Å². The van der Waals surface area contributed by atoms with Crippen LogP contribution in [0.5, 0.6) is 34.5 Å². The van der Waals surface area contributed by atoms with Crippen molar-refractivity contribution < 1.29 is 140 Å². The van der Waals surface area contributed by atoms with E-state index in [1.54, 1.807) is 116 Å². The molecule has 4 N–H and O–H groups in total. The number of rotatable bonds is 21. The van der Waals surface area contributed by atoms with Crippen molar-refractivity contribution in [2.75, 3.05) is 26.4 Å². The van der Waals surface area contributed by atoms with Crippen LogP contribution in [0.3, 0.4) is 0 Å². The van der Waals surface area contributed by atoms with Gasteiger partial charge in [-0.2, -0.15) is 43.9 Å². The van der Waals surface area contributed by atoms with E-state index in [0.717, 1.165) is 80.1 Å². The lowest BCUT2D eigenvalue weighted by Crippen LogP contribution is -2.41. The van der Waals surface area contributed by atoms with E-state index >= 15 is 0 Å². The molecule has 8 aromatic rings. The van der Waals surface area contributed by atoms with Gasteiger partial charge in [-0.25, -0.2) is 19.2 Å². The maximum Gasteiger partial charge on any atom is 0.456 e.